The van der Waals surface area contributed by atoms with Crippen molar-refractivity contribution < 1.29 is 19.1 Å². The second-order valence-corrected chi connectivity index (χ2v) is 10.3. The number of nitrogens with zero attached hydrogens (tertiary/aromatic N) is 2. The first kappa shape index (κ1) is 25.6. The van der Waals surface area contributed by atoms with Crippen LogP contribution in [0.4, 0.5) is 0 Å². The Bertz CT molecular complexity index is 1100. The highest BCUT2D eigenvalue weighted by molar-refractivity contribution is 6.35. The van der Waals surface area contributed by atoms with E-state index in [1.165, 1.54) is 0 Å². The molecule has 4 rings (SSSR count). The lowest BCUT2D eigenvalue weighted by Crippen LogP contribution is -2.52. The summed E-state index contributed by atoms with van der Waals surface area (Å²) in [5.41, 5.74) is 0.880. The van der Waals surface area contributed by atoms with Crippen LogP contribution < -0.4 is 14.8 Å². The van der Waals surface area contributed by atoms with Gasteiger partial charge < -0.3 is 24.6 Å². The number of carbonyl (C=O) groups excluding carboxylic acids is 2. The van der Waals surface area contributed by atoms with Gasteiger partial charge in [-0.2, -0.15) is 0 Å². The van der Waals surface area contributed by atoms with Crippen LogP contribution in [0.15, 0.2) is 36.4 Å². The fourth-order valence-corrected chi connectivity index (χ4v) is 4.88. The number of ether oxygens (including phenoxy) is 2. The molecule has 1 fully saturated rings. The zero-order valence-corrected chi connectivity index (χ0v) is 21.8. The van der Waals surface area contributed by atoms with Crippen molar-refractivity contribution in [3.05, 3.63) is 57.6 Å². The van der Waals surface area contributed by atoms with E-state index in [1.807, 2.05) is 37.2 Å². The number of fused-ring (bicyclic) bond motifs is 1. The number of rotatable bonds is 9. The number of halogens is 2. The third-order valence-electron chi connectivity index (χ3n) is 6.54. The monoisotopic (exact) mass is 519 g/mol. The number of hydrogen-bond donors (Lipinski definition) is 1. The number of amides is 2. The molecule has 2 aromatic rings. The smallest absolute Gasteiger partial charge is 0.245 e. The molecule has 2 aromatic carbocycles. The van der Waals surface area contributed by atoms with E-state index in [4.69, 9.17) is 32.7 Å². The predicted molar refractivity (Wildman–Crippen MR) is 137 cm³/mol. The maximum Gasteiger partial charge on any atom is 0.245 e. The summed E-state index contributed by atoms with van der Waals surface area (Å²) in [5, 5.41) is 4.03. The molecule has 188 valence electrons. The molecule has 0 spiro atoms. The van der Waals surface area contributed by atoms with E-state index in [0.29, 0.717) is 60.6 Å². The molecule has 1 N–H and O–H groups in total. The van der Waals surface area contributed by atoms with Gasteiger partial charge in [0.25, 0.3) is 0 Å². The highest BCUT2D eigenvalue weighted by Gasteiger charge is 2.53. The molecule has 1 atom stereocenters. The summed E-state index contributed by atoms with van der Waals surface area (Å²) in [6, 6.07) is 10.1. The molecule has 1 aliphatic heterocycles. The molecule has 1 heterocycles. The second kappa shape index (κ2) is 10.6. The third kappa shape index (κ3) is 5.85. The summed E-state index contributed by atoms with van der Waals surface area (Å²) in [7, 11) is 5.68. The standard InChI is InChI=1S/C26H31Cl2N3O4/c1-30(2)10-11-31(3)24(32)21(14-17-4-7-22-23(15-17)35-13-12-34-22)29-25(33)26(8-9-26)19-6-5-18(27)16-20(19)28/h4-7,15-16,21H,8-14H2,1-3H3,(H,29,33). The van der Waals surface area contributed by atoms with Crippen LogP contribution in [0, 0.1) is 0 Å². The Kier molecular flexibility index (Phi) is 7.79. The average Bonchev–Trinajstić information content (AvgIpc) is 3.63. The highest BCUT2D eigenvalue weighted by atomic mass is 35.5. The second-order valence-electron chi connectivity index (χ2n) is 9.48. The third-order valence-corrected chi connectivity index (χ3v) is 7.09. The Morgan fingerprint density at radius 3 is 2.37 bits per heavy atom. The highest BCUT2D eigenvalue weighted by Crippen LogP contribution is 2.51. The van der Waals surface area contributed by atoms with Crippen molar-refractivity contribution in [1.29, 1.82) is 0 Å². The lowest BCUT2D eigenvalue weighted by atomic mass is 9.93. The van der Waals surface area contributed by atoms with E-state index in [2.05, 4.69) is 5.32 Å². The van der Waals surface area contributed by atoms with Crippen molar-refractivity contribution in [3.63, 3.8) is 0 Å². The quantitative estimate of drug-likeness (QED) is 0.548. The molecule has 0 radical (unpaired) electrons. The van der Waals surface area contributed by atoms with Gasteiger partial charge >= 0.3 is 0 Å². The molecule has 0 saturated heterocycles. The largest absolute Gasteiger partial charge is 0.486 e. The Morgan fingerprint density at radius 1 is 1.00 bits per heavy atom. The molecule has 7 nitrogen and oxygen atoms in total. The fraction of sp³-hybridized carbons (Fsp3) is 0.462. The van der Waals surface area contributed by atoms with Gasteiger partial charge in [0.05, 0.1) is 5.41 Å². The molecule has 9 heteroatoms. The first-order valence-electron chi connectivity index (χ1n) is 11.7. The predicted octanol–water partition coefficient (Wildman–Crippen LogP) is 3.54. The van der Waals surface area contributed by atoms with Gasteiger partial charge in [-0.3, -0.25) is 9.59 Å². The van der Waals surface area contributed by atoms with Gasteiger partial charge in [0.2, 0.25) is 11.8 Å². The van der Waals surface area contributed by atoms with Crippen LogP contribution in [0.25, 0.3) is 0 Å². The molecular formula is C26H31Cl2N3O4. The first-order chi connectivity index (χ1) is 16.7. The van der Waals surface area contributed by atoms with E-state index in [9.17, 15) is 9.59 Å². The van der Waals surface area contributed by atoms with Crippen molar-refractivity contribution >= 4 is 35.0 Å². The molecule has 1 unspecified atom stereocenters. The summed E-state index contributed by atoms with van der Waals surface area (Å²) in [5.74, 6) is 0.995. The summed E-state index contributed by atoms with van der Waals surface area (Å²) < 4.78 is 11.3. The van der Waals surface area contributed by atoms with Gasteiger partial charge in [-0.15, -0.1) is 0 Å². The topological polar surface area (TPSA) is 71.1 Å². The van der Waals surface area contributed by atoms with Crippen LogP contribution in [0.2, 0.25) is 10.0 Å². The minimum atomic E-state index is -0.741. The molecule has 2 amide bonds. The van der Waals surface area contributed by atoms with Crippen LogP contribution in [0.5, 0.6) is 11.5 Å². The average molecular weight is 520 g/mol. The number of likely N-dealkylation sites (N-methyl/N-ethyl adjacent to an activating group) is 2. The van der Waals surface area contributed by atoms with Gasteiger partial charge in [0, 0.05) is 36.6 Å². The van der Waals surface area contributed by atoms with Gasteiger partial charge in [-0.1, -0.05) is 35.3 Å². The van der Waals surface area contributed by atoms with Gasteiger partial charge in [0.1, 0.15) is 19.3 Å². The minimum Gasteiger partial charge on any atom is -0.486 e. The molecule has 1 aliphatic carbocycles. The summed E-state index contributed by atoms with van der Waals surface area (Å²) >= 11 is 12.5. The van der Waals surface area contributed by atoms with Crippen molar-refractivity contribution in [1.82, 2.24) is 15.1 Å². The molecule has 0 aromatic heterocycles. The maximum atomic E-state index is 13.6. The number of benzene rings is 2. The Balaban J connectivity index is 1.56. The summed E-state index contributed by atoms with van der Waals surface area (Å²) in [4.78, 5) is 30.7. The summed E-state index contributed by atoms with van der Waals surface area (Å²) in [6.45, 7) is 2.26. The van der Waals surface area contributed by atoms with Crippen molar-refractivity contribution in [2.45, 2.75) is 30.7 Å². The number of carbonyl (C=O) groups is 2. The maximum absolute atomic E-state index is 13.6. The van der Waals surface area contributed by atoms with Crippen LogP contribution in [0.1, 0.15) is 24.0 Å². The normalized spacial score (nSPS) is 16.5. The van der Waals surface area contributed by atoms with Crippen LogP contribution >= 0.6 is 23.2 Å². The first-order valence-corrected chi connectivity index (χ1v) is 12.5. The molecule has 2 aliphatic rings. The Morgan fingerprint density at radius 2 is 1.71 bits per heavy atom. The van der Waals surface area contributed by atoms with E-state index in [-0.39, 0.29) is 11.8 Å². The van der Waals surface area contributed by atoms with E-state index in [1.54, 1.807) is 30.1 Å². The molecular weight excluding hydrogens is 489 g/mol. The van der Waals surface area contributed by atoms with Crippen molar-refractivity contribution in [3.8, 4) is 11.5 Å². The number of nitrogens with one attached hydrogen (secondary N) is 1. The SMILES string of the molecule is CN(C)CCN(C)C(=O)C(Cc1ccc2c(c1)OCCO2)NC(=O)C1(c2ccc(Cl)cc2Cl)CC1. The summed E-state index contributed by atoms with van der Waals surface area (Å²) in [6.07, 6.45) is 1.67. The zero-order valence-electron chi connectivity index (χ0n) is 20.3. The van der Waals surface area contributed by atoms with Gasteiger partial charge in [-0.05, 0) is 62.3 Å². The zero-order chi connectivity index (χ0) is 25.2. The molecule has 1 saturated carbocycles. The number of hydrogen-bond acceptors (Lipinski definition) is 5. The van der Waals surface area contributed by atoms with Crippen LogP contribution in [0.3, 0.4) is 0 Å². The van der Waals surface area contributed by atoms with Crippen molar-refractivity contribution in [2.24, 2.45) is 0 Å². The lowest BCUT2D eigenvalue weighted by molar-refractivity contribution is -0.136. The molecule has 35 heavy (non-hydrogen) atoms. The van der Waals surface area contributed by atoms with Gasteiger partial charge in [-0.25, -0.2) is 0 Å². The lowest BCUT2D eigenvalue weighted by Gasteiger charge is -2.28. The Hall–Kier alpha value is -2.48. The van der Waals surface area contributed by atoms with E-state index in [0.717, 1.165) is 17.7 Å². The van der Waals surface area contributed by atoms with E-state index >= 15 is 0 Å². The fourth-order valence-electron chi connectivity index (χ4n) is 4.29. The Labute approximate surface area is 216 Å². The van der Waals surface area contributed by atoms with Crippen LogP contribution in [-0.4, -0.2) is 75.1 Å². The minimum absolute atomic E-state index is 0.145. The van der Waals surface area contributed by atoms with Crippen molar-refractivity contribution in [2.75, 3.05) is 47.4 Å². The van der Waals surface area contributed by atoms with Crippen LogP contribution in [-0.2, 0) is 21.4 Å². The van der Waals surface area contributed by atoms with Gasteiger partial charge in [0.15, 0.2) is 11.5 Å². The molecule has 0 bridgehead atoms. The van der Waals surface area contributed by atoms with E-state index < -0.39 is 11.5 Å².